The van der Waals surface area contributed by atoms with Gasteiger partial charge in [-0.05, 0) is 37.6 Å². The molecule has 8 nitrogen and oxygen atoms in total. The van der Waals surface area contributed by atoms with Crippen LogP contribution in [0.15, 0.2) is 49.1 Å². The minimum Gasteiger partial charge on any atom is -0.497 e. The van der Waals surface area contributed by atoms with Crippen LogP contribution >= 0.6 is 0 Å². The van der Waals surface area contributed by atoms with Crippen molar-refractivity contribution < 1.29 is 27.5 Å². The Morgan fingerprint density at radius 2 is 1.89 bits per heavy atom. The van der Waals surface area contributed by atoms with Crippen LogP contribution in [-0.4, -0.2) is 33.7 Å². The summed E-state index contributed by atoms with van der Waals surface area (Å²) in [6.07, 6.45) is -0.335. The van der Waals surface area contributed by atoms with Crippen molar-refractivity contribution >= 4 is 23.6 Å². The molecule has 3 N–H and O–H groups in total. The van der Waals surface area contributed by atoms with E-state index in [1.807, 2.05) is 0 Å². The number of nitrogens with two attached hydrogens (primary N) is 1. The van der Waals surface area contributed by atoms with Crippen molar-refractivity contribution in [1.29, 1.82) is 0 Å². The van der Waals surface area contributed by atoms with E-state index in [0.29, 0.717) is 16.9 Å². The second-order valence-electron chi connectivity index (χ2n) is 7.78. The van der Waals surface area contributed by atoms with E-state index in [1.165, 1.54) is 32.3 Å². The second-order valence-corrected chi connectivity index (χ2v) is 7.78. The second kappa shape index (κ2) is 10.5. The number of carbonyl (C=O) groups is 2. The van der Waals surface area contributed by atoms with E-state index in [9.17, 15) is 22.8 Å². The standard InChI is InChI=1S/C25H24F3N5O3/c1-5-6-7-18-14(2)30-20(23(29)34)12-19(18)24(35)31-21-15(3)33(32-22(21)25(26,27)28)13-16-8-10-17(36-4)11-9-16/h5-12H,1,13H2,2-4H3,(H2,29,34)(H,31,35)/b7-6-. The maximum absolute atomic E-state index is 13.9. The van der Waals surface area contributed by atoms with E-state index in [-0.39, 0.29) is 29.2 Å². The number of allylic oxidation sites excluding steroid dienone is 2. The Kier molecular flexibility index (Phi) is 7.62. The number of nitrogens with one attached hydrogen (secondary N) is 1. The molecule has 3 aromatic rings. The van der Waals surface area contributed by atoms with Crippen LogP contribution in [0.25, 0.3) is 6.08 Å². The summed E-state index contributed by atoms with van der Waals surface area (Å²) in [6, 6.07) is 7.91. The van der Waals surface area contributed by atoms with Gasteiger partial charge in [0.15, 0.2) is 5.69 Å². The Morgan fingerprint density at radius 3 is 2.44 bits per heavy atom. The van der Waals surface area contributed by atoms with Crippen molar-refractivity contribution in [3.8, 4) is 5.75 Å². The van der Waals surface area contributed by atoms with Gasteiger partial charge in [-0.3, -0.25) is 14.3 Å². The Bertz CT molecular complexity index is 1340. The van der Waals surface area contributed by atoms with Crippen LogP contribution in [0.5, 0.6) is 5.75 Å². The Morgan fingerprint density at radius 1 is 1.22 bits per heavy atom. The third-order valence-corrected chi connectivity index (χ3v) is 5.35. The largest absolute Gasteiger partial charge is 0.497 e. The number of pyridine rings is 1. The predicted molar refractivity (Wildman–Crippen MR) is 129 cm³/mol. The fourth-order valence-corrected chi connectivity index (χ4v) is 3.50. The highest BCUT2D eigenvalue weighted by Gasteiger charge is 2.39. The normalized spacial score (nSPS) is 11.5. The van der Waals surface area contributed by atoms with E-state index in [4.69, 9.17) is 10.5 Å². The highest BCUT2D eigenvalue weighted by atomic mass is 19.4. The fourth-order valence-electron chi connectivity index (χ4n) is 3.50. The van der Waals surface area contributed by atoms with Gasteiger partial charge in [0.05, 0.1) is 30.6 Å². The molecule has 0 aliphatic rings. The monoisotopic (exact) mass is 499 g/mol. The molecule has 0 aliphatic carbocycles. The molecule has 2 aromatic heterocycles. The van der Waals surface area contributed by atoms with Crippen LogP contribution in [0.4, 0.5) is 18.9 Å². The molecule has 0 radical (unpaired) electrons. The molecule has 0 saturated heterocycles. The summed E-state index contributed by atoms with van der Waals surface area (Å²) in [6.45, 7) is 6.57. The highest BCUT2D eigenvalue weighted by Crippen LogP contribution is 2.36. The third kappa shape index (κ3) is 5.62. The number of nitrogens with zero attached hydrogens (tertiary/aromatic N) is 3. The van der Waals surface area contributed by atoms with E-state index in [1.54, 1.807) is 31.2 Å². The number of methoxy groups -OCH3 is 1. The number of hydrogen-bond acceptors (Lipinski definition) is 5. The molecule has 0 fully saturated rings. The molecule has 188 valence electrons. The average molecular weight is 499 g/mol. The number of primary amides is 1. The molecular formula is C25H24F3N5O3. The number of anilines is 1. The van der Waals surface area contributed by atoms with Gasteiger partial charge in [0.2, 0.25) is 0 Å². The summed E-state index contributed by atoms with van der Waals surface area (Å²) in [7, 11) is 1.51. The molecule has 36 heavy (non-hydrogen) atoms. The minimum absolute atomic E-state index is 0.0300. The Hall–Kier alpha value is -4.41. The van der Waals surface area contributed by atoms with Gasteiger partial charge >= 0.3 is 6.18 Å². The third-order valence-electron chi connectivity index (χ3n) is 5.35. The Labute approximate surface area is 205 Å². The molecule has 0 bridgehead atoms. The van der Waals surface area contributed by atoms with Gasteiger partial charge in [0.25, 0.3) is 11.8 Å². The van der Waals surface area contributed by atoms with Crippen molar-refractivity contribution in [2.75, 3.05) is 12.4 Å². The number of hydrogen-bond donors (Lipinski definition) is 2. The quantitative estimate of drug-likeness (QED) is 0.443. The first-order valence-electron chi connectivity index (χ1n) is 10.7. The lowest BCUT2D eigenvalue weighted by atomic mass is 10.0. The first-order chi connectivity index (χ1) is 17.0. The summed E-state index contributed by atoms with van der Waals surface area (Å²) in [5.74, 6) is -1.17. The molecule has 2 amide bonds. The van der Waals surface area contributed by atoms with Gasteiger partial charge < -0.3 is 15.8 Å². The average Bonchev–Trinajstić information content (AvgIpc) is 3.13. The molecule has 1 aromatic carbocycles. The molecular weight excluding hydrogens is 475 g/mol. The maximum atomic E-state index is 13.9. The lowest BCUT2D eigenvalue weighted by Gasteiger charge is -2.13. The summed E-state index contributed by atoms with van der Waals surface area (Å²) in [5.41, 5.74) is 4.67. The van der Waals surface area contributed by atoms with Gasteiger partial charge in [0, 0.05) is 11.3 Å². The molecule has 0 saturated carbocycles. The highest BCUT2D eigenvalue weighted by molar-refractivity contribution is 6.08. The molecule has 11 heteroatoms. The number of amides is 2. The summed E-state index contributed by atoms with van der Waals surface area (Å²) in [5, 5.41) is 6.07. The van der Waals surface area contributed by atoms with E-state index >= 15 is 0 Å². The number of benzene rings is 1. The minimum atomic E-state index is -4.84. The number of aromatic nitrogens is 3. The van der Waals surface area contributed by atoms with Crippen molar-refractivity contribution in [3.63, 3.8) is 0 Å². The lowest BCUT2D eigenvalue weighted by Crippen LogP contribution is -2.21. The zero-order valence-electron chi connectivity index (χ0n) is 19.8. The van der Waals surface area contributed by atoms with E-state index in [0.717, 1.165) is 10.7 Å². The number of alkyl halides is 3. The maximum Gasteiger partial charge on any atom is 0.437 e. The van der Waals surface area contributed by atoms with E-state index in [2.05, 4.69) is 22.0 Å². The molecule has 0 spiro atoms. The number of rotatable bonds is 8. The van der Waals surface area contributed by atoms with Crippen LogP contribution in [-0.2, 0) is 12.7 Å². The first-order valence-corrected chi connectivity index (χ1v) is 10.7. The SMILES string of the molecule is C=C/C=C\c1c(C(=O)Nc2c(C(F)(F)F)nn(Cc3ccc(OC)cc3)c2C)cc(C(N)=O)nc1C. The Balaban J connectivity index is 2.06. The smallest absolute Gasteiger partial charge is 0.437 e. The van der Waals surface area contributed by atoms with Crippen LogP contribution in [0.2, 0.25) is 0 Å². The van der Waals surface area contributed by atoms with Crippen LogP contribution in [0, 0.1) is 13.8 Å². The molecule has 2 heterocycles. The van der Waals surface area contributed by atoms with Gasteiger partial charge in [-0.2, -0.15) is 18.3 Å². The van der Waals surface area contributed by atoms with Crippen LogP contribution in [0.1, 0.15) is 49.1 Å². The molecule has 0 aliphatic heterocycles. The molecule has 3 rings (SSSR count). The topological polar surface area (TPSA) is 112 Å². The first kappa shape index (κ1) is 26.2. The zero-order valence-corrected chi connectivity index (χ0v) is 19.8. The predicted octanol–water partition coefficient (Wildman–Crippen LogP) is 4.52. The van der Waals surface area contributed by atoms with Crippen molar-refractivity contribution in [3.05, 3.63) is 88.5 Å². The van der Waals surface area contributed by atoms with Crippen molar-refractivity contribution in [2.45, 2.75) is 26.6 Å². The van der Waals surface area contributed by atoms with Crippen molar-refractivity contribution in [2.24, 2.45) is 5.73 Å². The number of carbonyl (C=O) groups excluding carboxylic acids is 2. The van der Waals surface area contributed by atoms with Crippen molar-refractivity contribution in [1.82, 2.24) is 14.8 Å². The summed E-state index contributed by atoms with van der Waals surface area (Å²) >= 11 is 0. The van der Waals surface area contributed by atoms with Gasteiger partial charge in [-0.15, -0.1) is 0 Å². The van der Waals surface area contributed by atoms with Crippen LogP contribution < -0.4 is 15.8 Å². The fraction of sp³-hybridized carbons (Fsp3) is 0.200. The summed E-state index contributed by atoms with van der Waals surface area (Å²) in [4.78, 5) is 29.0. The molecule has 0 atom stereocenters. The molecule has 0 unspecified atom stereocenters. The number of ether oxygens (including phenoxy) is 1. The summed E-state index contributed by atoms with van der Waals surface area (Å²) < 4.78 is 47.9. The van der Waals surface area contributed by atoms with Gasteiger partial charge in [-0.1, -0.05) is 36.9 Å². The number of halogens is 3. The van der Waals surface area contributed by atoms with Crippen LogP contribution in [0.3, 0.4) is 0 Å². The van der Waals surface area contributed by atoms with Gasteiger partial charge in [0.1, 0.15) is 11.4 Å². The van der Waals surface area contributed by atoms with E-state index < -0.39 is 29.4 Å². The van der Waals surface area contributed by atoms with Gasteiger partial charge in [-0.25, -0.2) is 4.98 Å². The zero-order chi connectivity index (χ0) is 26.6. The lowest BCUT2D eigenvalue weighted by molar-refractivity contribution is -0.140. The number of aryl methyl sites for hydroxylation is 1.